The van der Waals surface area contributed by atoms with E-state index in [9.17, 15) is 14.4 Å². The zero-order valence-electron chi connectivity index (χ0n) is 20.6. The smallest absolute Gasteiger partial charge is 0.335 e. The second kappa shape index (κ2) is 12.1. The molecule has 0 aliphatic carbocycles. The van der Waals surface area contributed by atoms with Gasteiger partial charge >= 0.3 is 6.03 Å². The van der Waals surface area contributed by atoms with Crippen LogP contribution in [0.1, 0.15) is 25.0 Å². The quantitative estimate of drug-likeness (QED) is 0.234. The van der Waals surface area contributed by atoms with E-state index in [4.69, 9.17) is 25.8 Å². The highest BCUT2D eigenvalue weighted by Crippen LogP contribution is 2.38. The Morgan fingerprint density at radius 2 is 1.61 bits per heavy atom. The van der Waals surface area contributed by atoms with Crippen molar-refractivity contribution < 1.29 is 28.6 Å². The molecule has 1 aliphatic rings. The summed E-state index contributed by atoms with van der Waals surface area (Å²) in [6.07, 6.45) is 1.41. The normalized spacial score (nSPS) is 14.5. The third-order valence-electron chi connectivity index (χ3n) is 5.45. The van der Waals surface area contributed by atoms with E-state index in [0.717, 1.165) is 10.5 Å². The van der Waals surface area contributed by atoms with Gasteiger partial charge in [0.2, 0.25) is 0 Å². The zero-order valence-corrected chi connectivity index (χ0v) is 23.0. The van der Waals surface area contributed by atoms with Crippen LogP contribution in [0.3, 0.4) is 0 Å². The van der Waals surface area contributed by atoms with Crippen molar-refractivity contribution in [3.8, 4) is 17.2 Å². The predicted octanol–water partition coefficient (Wildman–Crippen LogP) is 6.15. The molecule has 1 heterocycles. The number of rotatable bonds is 9. The number of imide groups is 2. The number of urea groups is 1. The van der Waals surface area contributed by atoms with Gasteiger partial charge in [-0.25, -0.2) is 9.69 Å². The fourth-order valence-electron chi connectivity index (χ4n) is 3.72. The molecule has 1 N–H and O–H groups in total. The molecule has 0 aromatic heterocycles. The van der Waals surface area contributed by atoms with Gasteiger partial charge in [0, 0.05) is 5.02 Å². The molecule has 1 aliphatic heterocycles. The number of nitrogens with zero attached hydrogens (tertiary/aromatic N) is 1. The number of hydrogen-bond donors (Lipinski definition) is 1. The van der Waals surface area contributed by atoms with E-state index in [2.05, 4.69) is 21.2 Å². The molecule has 3 aromatic carbocycles. The maximum atomic E-state index is 13.3. The number of nitrogens with one attached hydrogen (secondary N) is 1. The van der Waals surface area contributed by atoms with Gasteiger partial charge < -0.3 is 14.2 Å². The van der Waals surface area contributed by atoms with Crippen molar-refractivity contribution in [2.75, 3.05) is 18.1 Å². The van der Waals surface area contributed by atoms with Gasteiger partial charge in [-0.15, -0.1) is 0 Å². The van der Waals surface area contributed by atoms with Gasteiger partial charge in [0.25, 0.3) is 11.8 Å². The Kier molecular flexibility index (Phi) is 8.70. The van der Waals surface area contributed by atoms with Crippen LogP contribution in [0.15, 0.2) is 70.7 Å². The van der Waals surface area contributed by atoms with Gasteiger partial charge in [0.1, 0.15) is 17.9 Å². The van der Waals surface area contributed by atoms with Crippen molar-refractivity contribution in [3.05, 3.63) is 86.9 Å². The first kappa shape index (κ1) is 27.2. The summed E-state index contributed by atoms with van der Waals surface area (Å²) in [5.41, 5.74) is 1.53. The summed E-state index contributed by atoms with van der Waals surface area (Å²) in [6, 6.07) is 16.2. The highest BCUT2D eigenvalue weighted by atomic mass is 79.9. The van der Waals surface area contributed by atoms with Gasteiger partial charge in [-0.1, -0.05) is 23.7 Å². The standard InChI is InChI=1S/C28H24BrClN2O6/c1-3-36-24-15-18(14-23(29)25(24)37-4-2)13-22-26(33)31-28(35)32(27(22)34)20-9-11-21(12-10-20)38-16-17-5-7-19(30)8-6-17/h5-15H,3-4,16H2,1-2H3,(H,31,33,35)/b22-13+. The lowest BCUT2D eigenvalue weighted by Gasteiger charge is -2.26. The Morgan fingerprint density at radius 3 is 2.26 bits per heavy atom. The van der Waals surface area contributed by atoms with Crippen molar-refractivity contribution in [1.29, 1.82) is 0 Å². The molecule has 1 saturated heterocycles. The van der Waals surface area contributed by atoms with E-state index in [1.807, 2.05) is 26.0 Å². The van der Waals surface area contributed by atoms with E-state index in [0.29, 0.717) is 52.1 Å². The number of anilines is 1. The fraction of sp³-hybridized carbons (Fsp3) is 0.179. The molecule has 4 rings (SSSR count). The van der Waals surface area contributed by atoms with Crippen LogP contribution < -0.4 is 24.4 Å². The van der Waals surface area contributed by atoms with Crippen LogP contribution in [0.5, 0.6) is 17.2 Å². The number of ether oxygens (including phenoxy) is 3. The minimum absolute atomic E-state index is 0.203. The van der Waals surface area contributed by atoms with Gasteiger partial charge in [0.05, 0.1) is 23.4 Å². The molecule has 3 aromatic rings. The summed E-state index contributed by atoms with van der Waals surface area (Å²) >= 11 is 9.37. The maximum Gasteiger partial charge on any atom is 0.335 e. The molecule has 0 saturated carbocycles. The molecule has 0 atom stereocenters. The van der Waals surface area contributed by atoms with E-state index >= 15 is 0 Å². The second-order valence-corrected chi connectivity index (χ2v) is 9.35. The number of amides is 4. The van der Waals surface area contributed by atoms with Crippen molar-refractivity contribution in [2.24, 2.45) is 0 Å². The van der Waals surface area contributed by atoms with Crippen molar-refractivity contribution in [3.63, 3.8) is 0 Å². The Balaban J connectivity index is 1.56. The number of benzene rings is 3. The number of carbonyl (C=O) groups is 3. The average Bonchev–Trinajstić information content (AvgIpc) is 2.89. The highest BCUT2D eigenvalue weighted by molar-refractivity contribution is 9.10. The van der Waals surface area contributed by atoms with E-state index in [1.54, 1.807) is 48.5 Å². The number of carbonyl (C=O) groups excluding carboxylic acids is 3. The van der Waals surface area contributed by atoms with E-state index in [-0.39, 0.29) is 11.3 Å². The fourth-order valence-corrected chi connectivity index (χ4v) is 4.42. The lowest BCUT2D eigenvalue weighted by molar-refractivity contribution is -0.122. The molecule has 0 unspecified atom stereocenters. The Hall–Kier alpha value is -3.82. The van der Waals surface area contributed by atoms with Crippen LogP contribution in [-0.4, -0.2) is 31.1 Å². The van der Waals surface area contributed by atoms with Crippen LogP contribution >= 0.6 is 27.5 Å². The minimum Gasteiger partial charge on any atom is -0.490 e. The number of hydrogen-bond acceptors (Lipinski definition) is 6. The topological polar surface area (TPSA) is 94.2 Å². The minimum atomic E-state index is -0.838. The Labute approximate surface area is 233 Å². The van der Waals surface area contributed by atoms with E-state index in [1.165, 1.54) is 6.08 Å². The highest BCUT2D eigenvalue weighted by Gasteiger charge is 2.37. The van der Waals surface area contributed by atoms with Crippen LogP contribution in [0.25, 0.3) is 6.08 Å². The summed E-state index contributed by atoms with van der Waals surface area (Å²) in [4.78, 5) is 39.4. The van der Waals surface area contributed by atoms with Gasteiger partial charge in [-0.2, -0.15) is 0 Å². The molecule has 1 fully saturated rings. The molecule has 10 heteroatoms. The lowest BCUT2D eigenvalue weighted by Crippen LogP contribution is -2.54. The molecule has 0 spiro atoms. The van der Waals surface area contributed by atoms with Crippen LogP contribution in [0.4, 0.5) is 10.5 Å². The lowest BCUT2D eigenvalue weighted by atomic mass is 10.1. The van der Waals surface area contributed by atoms with Crippen LogP contribution in [0, 0.1) is 0 Å². The molecule has 0 bridgehead atoms. The third-order valence-corrected chi connectivity index (χ3v) is 6.29. The summed E-state index contributed by atoms with van der Waals surface area (Å²) < 4.78 is 17.7. The monoisotopic (exact) mass is 598 g/mol. The van der Waals surface area contributed by atoms with Gasteiger partial charge in [-0.3, -0.25) is 14.9 Å². The number of halogens is 2. The van der Waals surface area contributed by atoms with Crippen molar-refractivity contribution in [1.82, 2.24) is 5.32 Å². The summed E-state index contributed by atoms with van der Waals surface area (Å²) in [5, 5.41) is 2.87. The Morgan fingerprint density at radius 1 is 0.921 bits per heavy atom. The van der Waals surface area contributed by atoms with Gasteiger partial charge in [-0.05, 0) is 95.5 Å². The summed E-state index contributed by atoms with van der Waals surface area (Å²) in [6.45, 7) is 4.84. The molecule has 0 radical (unpaired) electrons. The largest absolute Gasteiger partial charge is 0.490 e. The third kappa shape index (κ3) is 6.17. The van der Waals surface area contributed by atoms with Crippen LogP contribution in [-0.2, 0) is 16.2 Å². The first-order chi connectivity index (χ1) is 18.3. The van der Waals surface area contributed by atoms with Crippen LogP contribution in [0.2, 0.25) is 5.02 Å². The molecule has 4 amide bonds. The maximum absolute atomic E-state index is 13.3. The number of barbiturate groups is 1. The molecule has 38 heavy (non-hydrogen) atoms. The predicted molar refractivity (Wildman–Crippen MR) is 148 cm³/mol. The first-order valence-electron chi connectivity index (χ1n) is 11.8. The summed E-state index contributed by atoms with van der Waals surface area (Å²) in [7, 11) is 0. The molecular formula is C28H24BrClN2O6. The Bertz CT molecular complexity index is 1390. The first-order valence-corrected chi connectivity index (χ1v) is 13.0. The molecule has 196 valence electrons. The van der Waals surface area contributed by atoms with Crippen molar-refractivity contribution in [2.45, 2.75) is 20.5 Å². The molecular weight excluding hydrogens is 576 g/mol. The SMILES string of the molecule is CCOc1cc(/C=C2\C(=O)NC(=O)N(c3ccc(OCc4ccc(Cl)cc4)cc3)C2=O)cc(Br)c1OCC. The summed E-state index contributed by atoms with van der Waals surface area (Å²) in [5.74, 6) is -0.0192. The van der Waals surface area contributed by atoms with Gasteiger partial charge in [0.15, 0.2) is 11.5 Å². The second-order valence-electron chi connectivity index (χ2n) is 8.06. The molecule has 8 nitrogen and oxygen atoms in total. The van der Waals surface area contributed by atoms with E-state index < -0.39 is 17.8 Å². The average molecular weight is 600 g/mol. The van der Waals surface area contributed by atoms with Crippen molar-refractivity contribution >= 4 is 57.1 Å². The zero-order chi connectivity index (χ0) is 27.2.